The van der Waals surface area contributed by atoms with E-state index in [1.807, 2.05) is 11.3 Å². The summed E-state index contributed by atoms with van der Waals surface area (Å²) in [5, 5.41) is 10.8. The molecule has 212 valence electrons. The van der Waals surface area contributed by atoms with Gasteiger partial charge < -0.3 is 4.57 Å². The zero-order valence-electron chi connectivity index (χ0n) is 24.6. The average Bonchev–Trinajstić information content (AvgIpc) is 3.65. The van der Waals surface area contributed by atoms with E-state index in [-0.39, 0.29) is 0 Å². The average molecular weight is 608 g/mol. The maximum atomic E-state index is 2.50. The molecule has 0 bridgehead atoms. The van der Waals surface area contributed by atoms with Crippen molar-refractivity contribution in [3.63, 3.8) is 0 Å². The van der Waals surface area contributed by atoms with Crippen LogP contribution in [0.3, 0.4) is 0 Å². The Morgan fingerprint density at radius 2 is 0.867 bits per heavy atom. The summed E-state index contributed by atoms with van der Waals surface area (Å²) in [4.78, 5) is 0. The van der Waals surface area contributed by atoms with Crippen molar-refractivity contribution in [3.8, 4) is 5.69 Å². The lowest BCUT2D eigenvalue weighted by molar-refractivity contribution is 1.18. The van der Waals surface area contributed by atoms with Crippen molar-refractivity contribution in [1.29, 1.82) is 0 Å². The first-order valence-corrected chi connectivity index (χ1v) is 18.3. The quantitative estimate of drug-likeness (QED) is 0.137. The highest BCUT2D eigenvalue weighted by Gasteiger charge is 2.42. The van der Waals surface area contributed by atoms with Crippen LogP contribution in [0, 0.1) is 0 Å². The Balaban J connectivity index is 1.42. The zero-order valence-corrected chi connectivity index (χ0v) is 26.4. The third-order valence-corrected chi connectivity index (χ3v) is 15.2. The van der Waals surface area contributed by atoms with Gasteiger partial charge in [0.2, 0.25) is 0 Å². The van der Waals surface area contributed by atoms with Gasteiger partial charge in [-0.1, -0.05) is 140 Å². The largest absolute Gasteiger partial charge is 0.309 e. The van der Waals surface area contributed by atoms with Crippen LogP contribution in [0.1, 0.15) is 0 Å². The molecule has 45 heavy (non-hydrogen) atoms. The molecule has 2 aromatic heterocycles. The van der Waals surface area contributed by atoms with E-state index in [1.54, 1.807) is 0 Å². The first-order chi connectivity index (χ1) is 22.3. The number of benzene rings is 7. The molecule has 0 fully saturated rings. The van der Waals surface area contributed by atoms with Crippen molar-refractivity contribution in [1.82, 2.24) is 4.57 Å². The van der Waals surface area contributed by atoms with Gasteiger partial charge in [0.15, 0.2) is 8.07 Å². The third-order valence-electron chi connectivity index (χ3n) is 9.35. The van der Waals surface area contributed by atoms with Gasteiger partial charge in [0.25, 0.3) is 0 Å². The Hall–Kier alpha value is -5.22. The third kappa shape index (κ3) is 3.98. The number of fused-ring (bicyclic) bond motifs is 6. The van der Waals surface area contributed by atoms with E-state index in [4.69, 9.17) is 0 Å². The van der Waals surface area contributed by atoms with Crippen LogP contribution in [-0.4, -0.2) is 12.6 Å². The topological polar surface area (TPSA) is 4.93 Å². The molecule has 0 aliphatic rings. The van der Waals surface area contributed by atoms with Gasteiger partial charge in [-0.25, -0.2) is 0 Å². The molecule has 0 N–H and O–H groups in total. The fourth-order valence-corrected chi connectivity index (χ4v) is 13.4. The number of rotatable bonds is 5. The van der Waals surface area contributed by atoms with E-state index in [0.717, 1.165) is 0 Å². The Morgan fingerprint density at radius 3 is 1.58 bits per heavy atom. The summed E-state index contributed by atoms with van der Waals surface area (Å²) >= 11 is 1.90. The Labute approximate surface area is 267 Å². The van der Waals surface area contributed by atoms with Crippen LogP contribution >= 0.6 is 11.3 Å². The number of thiophene rings is 1. The van der Waals surface area contributed by atoms with Gasteiger partial charge in [-0.3, -0.25) is 0 Å². The molecular formula is C42H29NSSi. The van der Waals surface area contributed by atoms with E-state index in [9.17, 15) is 0 Å². The van der Waals surface area contributed by atoms with Crippen LogP contribution < -0.4 is 20.7 Å². The lowest BCUT2D eigenvalue weighted by Gasteiger charge is -2.34. The maximum absolute atomic E-state index is 2.76. The number of hydrogen-bond donors (Lipinski definition) is 0. The van der Waals surface area contributed by atoms with Crippen molar-refractivity contribution < 1.29 is 0 Å². The van der Waals surface area contributed by atoms with Crippen LogP contribution in [0.4, 0.5) is 0 Å². The zero-order chi connectivity index (χ0) is 29.8. The second kappa shape index (κ2) is 10.4. The van der Waals surface area contributed by atoms with Crippen molar-refractivity contribution in [3.05, 3.63) is 176 Å². The fourth-order valence-electron chi connectivity index (χ4n) is 7.39. The van der Waals surface area contributed by atoms with Gasteiger partial charge in [0.1, 0.15) is 0 Å². The smallest absolute Gasteiger partial charge is 0.179 e. The minimum absolute atomic E-state index is 1.18. The van der Waals surface area contributed by atoms with Crippen molar-refractivity contribution in [2.75, 3.05) is 0 Å². The van der Waals surface area contributed by atoms with E-state index in [2.05, 4.69) is 180 Å². The molecule has 0 spiro atoms. The summed E-state index contributed by atoms with van der Waals surface area (Å²) in [6.07, 6.45) is 0. The second-order valence-corrected chi connectivity index (χ2v) is 16.6. The second-order valence-electron chi connectivity index (χ2n) is 11.7. The predicted molar refractivity (Wildman–Crippen MR) is 197 cm³/mol. The highest BCUT2D eigenvalue weighted by atomic mass is 32.1. The summed E-state index contributed by atoms with van der Waals surface area (Å²) in [7, 11) is -2.76. The molecule has 0 aliphatic carbocycles. The molecule has 0 unspecified atom stereocenters. The molecule has 0 saturated carbocycles. The molecule has 0 radical (unpaired) electrons. The molecule has 0 saturated heterocycles. The summed E-state index contributed by atoms with van der Waals surface area (Å²) in [6, 6.07) is 65.5. The SMILES string of the molecule is c1ccc(-n2c3ccccc3c3ccc([Si](c4ccccc4)(c4ccccc4)c4ccc5c(c4)sc4ccccc45)cc32)cc1. The van der Waals surface area contributed by atoms with E-state index >= 15 is 0 Å². The summed E-state index contributed by atoms with van der Waals surface area (Å²) < 4.78 is 5.13. The highest BCUT2D eigenvalue weighted by molar-refractivity contribution is 7.26. The molecule has 3 heteroatoms. The van der Waals surface area contributed by atoms with Crippen LogP contribution in [0.2, 0.25) is 0 Å². The van der Waals surface area contributed by atoms with Gasteiger partial charge in [0.05, 0.1) is 11.0 Å². The van der Waals surface area contributed by atoms with Crippen LogP contribution in [0.15, 0.2) is 176 Å². The van der Waals surface area contributed by atoms with Crippen molar-refractivity contribution >= 4 is 82.1 Å². The number of hydrogen-bond acceptors (Lipinski definition) is 1. The molecule has 7 aromatic carbocycles. The minimum Gasteiger partial charge on any atom is -0.309 e. The van der Waals surface area contributed by atoms with Gasteiger partial charge in [-0.2, -0.15) is 0 Å². The van der Waals surface area contributed by atoms with E-state index < -0.39 is 8.07 Å². The highest BCUT2D eigenvalue weighted by Crippen LogP contribution is 2.34. The van der Waals surface area contributed by atoms with Crippen LogP contribution in [0.5, 0.6) is 0 Å². The van der Waals surface area contributed by atoms with Gasteiger partial charge in [-0.15, -0.1) is 11.3 Å². The van der Waals surface area contributed by atoms with Crippen LogP contribution in [-0.2, 0) is 0 Å². The Morgan fingerprint density at radius 1 is 0.356 bits per heavy atom. The van der Waals surface area contributed by atoms with Gasteiger partial charge in [0, 0.05) is 36.6 Å². The Kier molecular flexibility index (Phi) is 6.08. The minimum atomic E-state index is -2.76. The standard InChI is InChI=1S/C42H29NSSi/c1-4-14-30(15-5-1)43-39-22-12-10-20-35(39)36-26-24-33(28-40(36)43)45(31-16-6-2-7-17-31,32-18-8-3-9-19-32)34-25-27-38-37-21-11-13-23-41(37)44-42(38)29-34/h1-29H. The van der Waals surface area contributed by atoms with E-state index in [1.165, 1.54) is 68.4 Å². The first-order valence-electron chi connectivity index (χ1n) is 15.4. The lowest BCUT2D eigenvalue weighted by atomic mass is 10.1. The molecule has 9 aromatic rings. The number of nitrogens with zero attached hydrogens (tertiary/aromatic N) is 1. The molecule has 2 heterocycles. The van der Waals surface area contributed by atoms with Crippen LogP contribution in [0.25, 0.3) is 47.7 Å². The van der Waals surface area contributed by atoms with Crippen molar-refractivity contribution in [2.24, 2.45) is 0 Å². The van der Waals surface area contributed by atoms with E-state index in [0.29, 0.717) is 0 Å². The Bertz CT molecular complexity index is 2440. The summed E-state index contributed by atoms with van der Waals surface area (Å²) in [6.45, 7) is 0. The van der Waals surface area contributed by atoms with Gasteiger partial charge >= 0.3 is 0 Å². The molecule has 9 rings (SSSR count). The molecular weight excluding hydrogens is 579 g/mol. The molecule has 0 atom stereocenters. The summed E-state index contributed by atoms with van der Waals surface area (Å²) in [5.41, 5.74) is 3.65. The normalized spacial score (nSPS) is 12.0. The molecule has 0 amide bonds. The number of para-hydroxylation sites is 2. The number of aromatic nitrogens is 1. The molecule has 1 nitrogen and oxygen atoms in total. The lowest BCUT2D eigenvalue weighted by Crippen LogP contribution is -2.74. The predicted octanol–water partition coefficient (Wildman–Crippen LogP) is 8.53. The first kappa shape index (κ1) is 26.2. The monoisotopic (exact) mass is 607 g/mol. The molecule has 0 aliphatic heterocycles. The van der Waals surface area contributed by atoms with Gasteiger partial charge in [-0.05, 0) is 57.1 Å². The maximum Gasteiger partial charge on any atom is 0.179 e. The van der Waals surface area contributed by atoms with Crippen molar-refractivity contribution in [2.45, 2.75) is 0 Å². The summed E-state index contributed by atoms with van der Waals surface area (Å²) in [5.74, 6) is 0. The fraction of sp³-hybridized carbons (Fsp3) is 0.